The smallest absolute Gasteiger partial charge is 0.214 e. The lowest BCUT2D eigenvalue weighted by atomic mass is 10.2. The first-order chi connectivity index (χ1) is 9.21. The molecule has 2 aromatic rings. The number of nitrogens with two attached hydrogens (primary N) is 1. The van der Waals surface area contributed by atoms with Crippen LogP contribution in [0.25, 0.3) is 0 Å². The van der Waals surface area contributed by atoms with Gasteiger partial charge in [-0.15, -0.1) is 0 Å². The fourth-order valence-corrected chi connectivity index (χ4v) is 2.00. The standard InChI is InChI=1S/C15H17BrN2O/c1-2-14-7-12(9-17)8-15(18-14)19-10-11-3-5-13(16)6-4-11/h3-8H,2,9-10,17H2,1H3. The zero-order valence-corrected chi connectivity index (χ0v) is 12.5. The van der Waals surface area contributed by atoms with E-state index in [1.165, 1.54) is 0 Å². The van der Waals surface area contributed by atoms with Gasteiger partial charge in [0.1, 0.15) is 6.61 Å². The van der Waals surface area contributed by atoms with Gasteiger partial charge in [-0.25, -0.2) is 4.98 Å². The average Bonchev–Trinajstić information content (AvgIpc) is 2.46. The highest BCUT2D eigenvalue weighted by molar-refractivity contribution is 9.10. The Hall–Kier alpha value is -1.39. The average molecular weight is 321 g/mol. The molecule has 0 atom stereocenters. The van der Waals surface area contributed by atoms with Crippen LogP contribution in [0.2, 0.25) is 0 Å². The van der Waals surface area contributed by atoms with Crippen LogP contribution in [0.4, 0.5) is 0 Å². The van der Waals surface area contributed by atoms with Crippen molar-refractivity contribution in [2.24, 2.45) is 5.73 Å². The van der Waals surface area contributed by atoms with Gasteiger partial charge in [0, 0.05) is 22.8 Å². The quantitative estimate of drug-likeness (QED) is 0.918. The Bertz CT molecular complexity index is 518. The van der Waals surface area contributed by atoms with Crippen molar-refractivity contribution in [1.29, 1.82) is 0 Å². The maximum Gasteiger partial charge on any atom is 0.214 e. The van der Waals surface area contributed by atoms with Crippen molar-refractivity contribution < 1.29 is 4.74 Å². The van der Waals surface area contributed by atoms with Crippen LogP contribution in [-0.2, 0) is 19.6 Å². The van der Waals surface area contributed by atoms with Crippen LogP contribution in [0.3, 0.4) is 0 Å². The van der Waals surface area contributed by atoms with Crippen LogP contribution >= 0.6 is 15.9 Å². The second-order valence-electron chi connectivity index (χ2n) is 4.28. The summed E-state index contributed by atoms with van der Waals surface area (Å²) in [6.45, 7) is 3.09. The molecule has 0 aliphatic rings. The Morgan fingerprint density at radius 1 is 1.16 bits per heavy atom. The van der Waals surface area contributed by atoms with Gasteiger partial charge in [0.25, 0.3) is 0 Å². The molecule has 1 heterocycles. The van der Waals surface area contributed by atoms with Gasteiger partial charge in [-0.1, -0.05) is 35.0 Å². The number of aromatic nitrogens is 1. The molecule has 19 heavy (non-hydrogen) atoms. The van der Waals surface area contributed by atoms with Gasteiger partial charge < -0.3 is 10.5 Å². The molecule has 0 saturated carbocycles. The summed E-state index contributed by atoms with van der Waals surface area (Å²) in [5.41, 5.74) is 8.85. The maximum atomic E-state index is 5.73. The highest BCUT2D eigenvalue weighted by atomic mass is 79.9. The largest absolute Gasteiger partial charge is 0.473 e. The van der Waals surface area contributed by atoms with Crippen molar-refractivity contribution in [2.45, 2.75) is 26.5 Å². The number of hydrogen-bond donors (Lipinski definition) is 1. The van der Waals surface area contributed by atoms with Gasteiger partial charge in [-0.05, 0) is 35.7 Å². The zero-order valence-electron chi connectivity index (χ0n) is 10.9. The van der Waals surface area contributed by atoms with E-state index in [0.717, 1.165) is 27.7 Å². The molecule has 0 saturated heterocycles. The fraction of sp³-hybridized carbons (Fsp3) is 0.267. The van der Waals surface area contributed by atoms with E-state index in [-0.39, 0.29) is 0 Å². The molecule has 2 rings (SSSR count). The maximum absolute atomic E-state index is 5.73. The summed E-state index contributed by atoms with van der Waals surface area (Å²) in [4.78, 5) is 4.45. The first-order valence-electron chi connectivity index (χ1n) is 6.28. The second-order valence-corrected chi connectivity index (χ2v) is 5.19. The van der Waals surface area contributed by atoms with E-state index < -0.39 is 0 Å². The molecule has 0 fully saturated rings. The Morgan fingerprint density at radius 3 is 2.53 bits per heavy atom. The van der Waals surface area contributed by atoms with Crippen LogP contribution in [0.15, 0.2) is 40.9 Å². The summed E-state index contributed by atoms with van der Waals surface area (Å²) in [5, 5.41) is 0. The van der Waals surface area contributed by atoms with Crippen LogP contribution < -0.4 is 10.5 Å². The lowest BCUT2D eigenvalue weighted by Gasteiger charge is -2.09. The van der Waals surface area contributed by atoms with E-state index in [1.807, 2.05) is 36.4 Å². The van der Waals surface area contributed by atoms with Gasteiger partial charge in [0.05, 0.1) is 0 Å². The SMILES string of the molecule is CCc1cc(CN)cc(OCc2ccc(Br)cc2)n1. The van der Waals surface area contributed by atoms with Crippen molar-refractivity contribution in [3.05, 3.63) is 57.7 Å². The monoisotopic (exact) mass is 320 g/mol. The molecule has 0 bridgehead atoms. The molecule has 4 heteroatoms. The summed E-state index contributed by atoms with van der Waals surface area (Å²) in [6.07, 6.45) is 0.877. The van der Waals surface area contributed by atoms with Gasteiger partial charge in [-0.2, -0.15) is 0 Å². The van der Waals surface area contributed by atoms with Crippen LogP contribution in [0.1, 0.15) is 23.7 Å². The fourth-order valence-electron chi connectivity index (χ4n) is 1.73. The summed E-state index contributed by atoms with van der Waals surface area (Å²) < 4.78 is 6.80. The first-order valence-corrected chi connectivity index (χ1v) is 7.07. The minimum Gasteiger partial charge on any atom is -0.473 e. The predicted molar refractivity (Wildman–Crippen MR) is 80.0 cm³/mol. The molecular weight excluding hydrogens is 304 g/mol. The Kier molecular flexibility index (Phi) is 4.93. The van der Waals surface area contributed by atoms with Crippen molar-refractivity contribution in [3.63, 3.8) is 0 Å². The zero-order chi connectivity index (χ0) is 13.7. The molecule has 100 valence electrons. The number of halogens is 1. The summed E-state index contributed by atoms with van der Waals surface area (Å²) in [5.74, 6) is 0.641. The minimum absolute atomic E-state index is 0.504. The third-order valence-corrected chi connectivity index (χ3v) is 3.34. The molecule has 0 unspecified atom stereocenters. The molecule has 0 aliphatic carbocycles. The molecule has 0 amide bonds. The predicted octanol–water partition coefficient (Wildman–Crippen LogP) is 3.44. The Morgan fingerprint density at radius 2 is 1.89 bits per heavy atom. The number of hydrogen-bond acceptors (Lipinski definition) is 3. The van der Waals surface area contributed by atoms with Crippen molar-refractivity contribution in [3.8, 4) is 5.88 Å². The highest BCUT2D eigenvalue weighted by Gasteiger charge is 2.03. The second kappa shape index (κ2) is 6.68. The van der Waals surface area contributed by atoms with Gasteiger partial charge in [0.2, 0.25) is 5.88 Å². The molecule has 2 N–H and O–H groups in total. The Balaban J connectivity index is 2.08. The van der Waals surface area contributed by atoms with E-state index in [4.69, 9.17) is 10.5 Å². The molecule has 3 nitrogen and oxygen atoms in total. The molecule has 0 radical (unpaired) electrons. The molecule has 0 aliphatic heterocycles. The number of benzene rings is 1. The summed E-state index contributed by atoms with van der Waals surface area (Å²) in [6, 6.07) is 12.0. The van der Waals surface area contributed by atoms with E-state index in [0.29, 0.717) is 19.0 Å². The lowest BCUT2D eigenvalue weighted by molar-refractivity contribution is 0.292. The molecule has 1 aromatic carbocycles. The van der Waals surface area contributed by atoms with Gasteiger partial charge in [0.15, 0.2) is 0 Å². The number of aryl methyl sites for hydroxylation is 1. The van der Waals surface area contributed by atoms with E-state index in [1.54, 1.807) is 0 Å². The van der Waals surface area contributed by atoms with E-state index in [9.17, 15) is 0 Å². The topological polar surface area (TPSA) is 48.1 Å². The van der Waals surface area contributed by atoms with Crippen LogP contribution in [0, 0.1) is 0 Å². The van der Waals surface area contributed by atoms with Gasteiger partial charge in [-0.3, -0.25) is 0 Å². The minimum atomic E-state index is 0.504. The summed E-state index contributed by atoms with van der Waals surface area (Å²) in [7, 11) is 0. The van der Waals surface area contributed by atoms with E-state index >= 15 is 0 Å². The molecule has 0 spiro atoms. The van der Waals surface area contributed by atoms with Crippen molar-refractivity contribution >= 4 is 15.9 Å². The molecule has 1 aromatic heterocycles. The summed E-state index contributed by atoms with van der Waals surface area (Å²) >= 11 is 3.41. The first kappa shape index (κ1) is 14.0. The number of nitrogens with zero attached hydrogens (tertiary/aromatic N) is 1. The third-order valence-electron chi connectivity index (χ3n) is 2.81. The lowest BCUT2D eigenvalue weighted by Crippen LogP contribution is -2.03. The van der Waals surface area contributed by atoms with Crippen LogP contribution in [0.5, 0.6) is 5.88 Å². The Labute approximate surface area is 121 Å². The highest BCUT2D eigenvalue weighted by Crippen LogP contribution is 2.16. The third kappa shape index (κ3) is 4.04. The van der Waals surface area contributed by atoms with E-state index in [2.05, 4.69) is 27.8 Å². The normalized spacial score (nSPS) is 10.5. The number of pyridine rings is 1. The number of ether oxygens (including phenoxy) is 1. The van der Waals surface area contributed by atoms with Gasteiger partial charge >= 0.3 is 0 Å². The number of rotatable bonds is 5. The molecular formula is C15H17BrN2O. The van der Waals surface area contributed by atoms with Crippen LogP contribution in [-0.4, -0.2) is 4.98 Å². The van der Waals surface area contributed by atoms with Crippen molar-refractivity contribution in [2.75, 3.05) is 0 Å². The van der Waals surface area contributed by atoms with Crippen molar-refractivity contribution in [1.82, 2.24) is 4.98 Å².